The number of nitrogen functional groups attached to an aromatic ring is 1. The number of anilines is 1. The van der Waals surface area contributed by atoms with Gasteiger partial charge in [-0.2, -0.15) is 0 Å². The molecule has 1 heterocycles. The molecule has 4 aromatic rings. The second-order valence-corrected chi connectivity index (χ2v) is 8.89. The van der Waals surface area contributed by atoms with Gasteiger partial charge in [0.2, 0.25) is 16.0 Å². The average molecular weight is 463 g/mol. The molecule has 0 radical (unpaired) electrons. The van der Waals surface area contributed by atoms with Gasteiger partial charge in [0.05, 0.1) is 10.5 Å². The third-order valence-electron chi connectivity index (χ3n) is 4.45. The highest BCUT2D eigenvalue weighted by atomic mass is 35.5. The van der Waals surface area contributed by atoms with Crippen LogP contribution in [0, 0.1) is 5.82 Å². The Morgan fingerprint density at radius 3 is 2.40 bits per heavy atom. The van der Waals surface area contributed by atoms with Crippen molar-refractivity contribution in [2.24, 2.45) is 5.14 Å². The van der Waals surface area contributed by atoms with Crippen LogP contribution in [0.2, 0.25) is 10.0 Å². The molecular formula is C20H13Cl2FN4O2S. The lowest BCUT2D eigenvalue weighted by atomic mass is 9.98. The number of hydrogen-bond donors (Lipinski definition) is 2. The Bertz CT molecular complexity index is 1430. The predicted molar refractivity (Wildman–Crippen MR) is 116 cm³/mol. The third-order valence-corrected chi connectivity index (χ3v) is 6.12. The zero-order valence-corrected chi connectivity index (χ0v) is 17.4. The number of nitrogens with zero attached hydrogens (tertiary/aromatic N) is 2. The fourth-order valence-corrected chi connectivity index (χ4v) is 4.60. The Balaban J connectivity index is 1.90. The van der Waals surface area contributed by atoms with Crippen LogP contribution in [0.1, 0.15) is 0 Å². The first-order valence-electron chi connectivity index (χ1n) is 8.47. The standard InChI is InChI=1S/C20H13Cl2FN4O2S/c21-14-7-16(19(22)18(8-14)30(25,28)29)12-4-11(5-15(23)6-12)10-1-2-17-13(3-10)9-26-20(24)27-17/h1-9H,(H2,24,26,27)(H2,25,28,29). The highest BCUT2D eigenvalue weighted by Crippen LogP contribution is 2.38. The SMILES string of the molecule is Nc1ncc2cc(-c3cc(F)cc(-c4cc(Cl)cc(S(N)(=O)=O)c4Cl)c3)ccc2n1. The number of hydrogen-bond acceptors (Lipinski definition) is 5. The summed E-state index contributed by atoms with van der Waals surface area (Å²) in [7, 11) is -4.12. The maximum atomic E-state index is 14.5. The summed E-state index contributed by atoms with van der Waals surface area (Å²) in [6.45, 7) is 0. The third kappa shape index (κ3) is 3.95. The lowest BCUT2D eigenvalue weighted by Gasteiger charge is -2.12. The molecule has 10 heteroatoms. The molecule has 0 unspecified atom stereocenters. The molecule has 0 aliphatic rings. The smallest absolute Gasteiger partial charge is 0.239 e. The summed E-state index contributed by atoms with van der Waals surface area (Å²) in [5.41, 5.74) is 8.07. The summed E-state index contributed by atoms with van der Waals surface area (Å²) >= 11 is 12.3. The van der Waals surface area contributed by atoms with E-state index in [4.69, 9.17) is 34.1 Å². The minimum absolute atomic E-state index is 0.102. The summed E-state index contributed by atoms with van der Waals surface area (Å²) < 4.78 is 38.1. The van der Waals surface area contributed by atoms with Crippen LogP contribution in [0.15, 0.2) is 59.6 Å². The maximum absolute atomic E-state index is 14.5. The van der Waals surface area contributed by atoms with E-state index in [2.05, 4.69) is 9.97 Å². The van der Waals surface area contributed by atoms with Crippen LogP contribution in [-0.2, 0) is 10.0 Å². The number of rotatable bonds is 3. The van der Waals surface area contributed by atoms with Gasteiger partial charge in [-0.25, -0.2) is 27.9 Å². The second kappa shape index (κ2) is 7.48. The van der Waals surface area contributed by atoms with E-state index in [1.54, 1.807) is 30.5 Å². The zero-order valence-electron chi connectivity index (χ0n) is 15.1. The molecule has 6 nitrogen and oxygen atoms in total. The topological polar surface area (TPSA) is 112 Å². The highest BCUT2D eigenvalue weighted by Gasteiger charge is 2.19. The van der Waals surface area contributed by atoms with Crippen molar-refractivity contribution in [3.63, 3.8) is 0 Å². The van der Waals surface area contributed by atoms with Gasteiger partial charge in [-0.05, 0) is 59.2 Å². The molecule has 0 aliphatic carbocycles. The molecule has 1 aromatic heterocycles. The van der Waals surface area contributed by atoms with E-state index in [-0.39, 0.29) is 26.5 Å². The van der Waals surface area contributed by atoms with Gasteiger partial charge in [0.1, 0.15) is 10.7 Å². The number of sulfonamides is 1. The molecule has 0 bridgehead atoms. The Morgan fingerprint density at radius 1 is 0.933 bits per heavy atom. The van der Waals surface area contributed by atoms with Crippen molar-refractivity contribution in [1.29, 1.82) is 0 Å². The van der Waals surface area contributed by atoms with Crippen LogP contribution in [0.3, 0.4) is 0 Å². The van der Waals surface area contributed by atoms with Gasteiger partial charge in [-0.15, -0.1) is 0 Å². The zero-order chi connectivity index (χ0) is 21.6. The number of nitrogens with two attached hydrogens (primary N) is 2. The quantitative estimate of drug-likeness (QED) is 0.460. The van der Waals surface area contributed by atoms with E-state index in [9.17, 15) is 12.8 Å². The van der Waals surface area contributed by atoms with Gasteiger partial charge < -0.3 is 5.73 Å². The number of fused-ring (bicyclic) bond motifs is 1. The normalized spacial score (nSPS) is 11.7. The van der Waals surface area contributed by atoms with E-state index in [0.717, 1.165) is 11.5 Å². The summed E-state index contributed by atoms with van der Waals surface area (Å²) in [6, 6.07) is 12.2. The number of halogens is 3. The van der Waals surface area contributed by atoms with Gasteiger partial charge in [-0.3, -0.25) is 0 Å². The van der Waals surface area contributed by atoms with Crippen LogP contribution in [-0.4, -0.2) is 18.4 Å². The van der Waals surface area contributed by atoms with E-state index >= 15 is 0 Å². The van der Waals surface area contributed by atoms with Crippen LogP contribution < -0.4 is 10.9 Å². The molecule has 0 fully saturated rings. The number of primary sulfonamides is 1. The second-order valence-electron chi connectivity index (χ2n) is 6.54. The molecule has 0 saturated heterocycles. The van der Waals surface area contributed by atoms with Crippen LogP contribution in [0.4, 0.5) is 10.3 Å². The number of benzene rings is 3. The van der Waals surface area contributed by atoms with Gasteiger partial charge in [-0.1, -0.05) is 29.3 Å². The van der Waals surface area contributed by atoms with Crippen molar-refractivity contribution in [3.05, 3.63) is 70.6 Å². The minimum Gasteiger partial charge on any atom is -0.368 e. The molecule has 152 valence electrons. The maximum Gasteiger partial charge on any atom is 0.239 e. The molecule has 0 saturated carbocycles. The molecule has 0 atom stereocenters. The minimum atomic E-state index is -4.12. The van der Waals surface area contributed by atoms with Crippen molar-refractivity contribution in [2.75, 3.05) is 5.73 Å². The number of aromatic nitrogens is 2. The summed E-state index contributed by atoms with van der Waals surface area (Å²) in [4.78, 5) is 7.77. The fourth-order valence-electron chi connectivity index (χ4n) is 3.12. The van der Waals surface area contributed by atoms with Crippen LogP contribution in [0.5, 0.6) is 0 Å². The molecule has 4 rings (SSSR count). The van der Waals surface area contributed by atoms with Crippen LogP contribution >= 0.6 is 23.2 Å². The Labute approximate surface area is 181 Å². The van der Waals surface area contributed by atoms with Crippen molar-refractivity contribution in [1.82, 2.24) is 9.97 Å². The molecule has 0 amide bonds. The first-order chi connectivity index (χ1) is 14.1. The molecule has 0 aliphatic heterocycles. The van der Waals surface area contributed by atoms with Crippen molar-refractivity contribution in [3.8, 4) is 22.3 Å². The monoisotopic (exact) mass is 462 g/mol. The van der Waals surface area contributed by atoms with E-state index in [1.165, 1.54) is 18.2 Å². The van der Waals surface area contributed by atoms with Gasteiger partial charge >= 0.3 is 0 Å². The predicted octanol–water partition coefficient (Wildman–Crippen LogP) is 4.64. The van der Waals surface area contributed by atoms with Gasteiger partial charge in [0.25, 0.3) is 0 Å². The first kappa shape index (κ1) is 20.5. The van der Waals surface area contributed by atoms with E-state index in [0.29, 0.717) is 22.2 Å². The first-order valence-corrected chi connectivity index (χ1v) is 10.8. The molecular weight excluding hydrogens is 450 g/mol. The summed E-state index contributed by atoms with van der Waals surface area (Å²) in [6.07, 6.45) is 1.58. The lowest BCUT2D eigenvalue weighted by Crippen LogP contribution is -2.13. The average Bonchev–Trinajstić information content (AvgIpc) is 2.67. The van der Waals surface area contributed by atoms with E-state index in [1.807, 2.05) is 0 Å². The van der Waals surface area contributed by atoms with E-state index < -0.39 is 15.8 Å². The fraction of sp³-hybridized carbons (Fsp3) is 0. The lowest BCUT2D eigenvalue weighted by molar-refractivity contribution is 0.598. The van der Waals surface area contributed by atoms with Gasteiger partial charge in [0, 0.05) is 22.2 Å². The Morgan fingerprint density at radius 2 is 1.67 bits per heavy atom. The molecule has 0 spiro atoms. The molecule has 3 aromatic carbocycles. The summed E-state index contributed by atoms with van der Waals surface area (Å²) in [5, 5.41) is 5.91. The molecule has 30 heavy (non-hydrogen) atoms. The largest absolute Gasteiger partial charge is 0.368 e. The Kier molecular flexibility index (Phi) is 5.11. The Hall–Kier alpha value is -2.78. The summed E-state index contributed by atoms with van der Waals surface area (Å²) in [5.74, 6) is -0.381. The van der Waals surface area contributed by atoms with Crippen molar-refractivity contribution in [2.45, 2.75) is 4.90 Å². The highest BCUT2D eigenvalue weighted by molar-refractivity contribution is 7.89. The molecule has 4 N–H and O–H groups in total. The van der Waals surface area contributed by atoms with Crippen molar-refractivity contribution >= 4 is 50.1 Å². The van der Waals surface area contributed by atoms with Crippen LogP contribution in [0.25, 0.3) is 33.2 Å². The van der Waals surface area contributed by atoms with Gasteiger partial charge in [0.15, 0.2) is 0 Å². The van der Waals surface area contributed by atoms with Crippen molar-refractivity contribution < 1.29 is 12.8 Å².